The third-order valence-corrected chi connectivity index (χ3v) is 4.08. The second-order valence-electron chi connectivity index (χ2n) is 5.03. The van der Waals surface area contributed by atoms with Crippen molar-refractivity contribution in [3.05, 3.63) is 69.7 Å². The Hall–Kier alpha value is -1.26. The second-order valence-corrected chi connectivity index (χ2v) is 5.88. The van der Waals surface area contributed by atoms with E-state index >= 15 is 0 Å². The molecule has 0 amide bonds. The Kier molecular flexibility index (Phi) is 5.88. The van der Waals surface area contributed by atoms with Crippen molar-refractivity contribution in [3.8, 4) is 0 Å². The van der Waals surface area contributed by atoms with E-state index in [0.717, 1.165) is 35.0 Å². The summed E-state index contributed by atoms with van der Waals surface area (Å²) in [5, 5.41) is 3.40. The molecule has 0 aliphatic carbocycles. The average Bonchev–Trinajstić information content (AvgIpc) is 2.42. The van der Waals surface area contributed by atoms with Crippen molar-refractivity contribution in [2.45, 2.75) is 25.8 Å². The summed E-state index contributed by atoms with van der Waals surface area (Å²) in [5.74, 6) is -0.471. The molecule has 0 radical (unpaired) electrons. The summed E-state index contributed by atoms with van der Waals surface area (Å²) in [6.07, 6.45) is 1.49. The molecule has 112 valence electrons. The molecule has 2 rings (SSSR count). The molecule has 4 heteroatoms. The predicted molar refractivity (Wildman–Crippen MR) is 85.4 cm³/mol. The van der Waals surface area contributed by atoms with Crippen molar-refractivity contribution in [2.24, 2.45) is 0 Å². The van der Waals surface area contributed by atoms with Crippen LogP contribution < -0.4 is 5.32 Å². The molecule has 0 heterocycles. The normalized spacial score (nSPS) is 12.4. The van der Waals surface area contributed by atoms with Crippen LogP contribution in [0.4, 0.5) is 8.78 Å². The number of hydrogen-bond donors (Lipinski definition) is 1. The van der Waals surface area contributed by atoms with Gasteiger partial charge in [-0.05, 0) is 54.8 Å². The lowest BCUT2D eigenvalue weighted by molar-refractivity contribution is 0.518. The fourth-order valence-corrected chi connectivity index (χ4v) is 2.92. The Labute approximate surface area is 132 Å². The van der Waals surface area contributed by atoms with E-state index in [1.807, 2.05) is 13.0 Å². The summed E-state index contributed by atoms with van der Waals surface area (Å²) in [6, 6.07) is 11.6. The molecule has 0 aromatic heterocycles. The first-order valence-corrected chi connectivity index (χ1v) is 7.79. The fourth-order valence-electron chi connectivity index (χ4n) is 2.41. The van der Waals surface area contributed by atoms with Crippen LogP contribution in [0.25, 0.3) is 0 Å². The quantitative estimate of drug-likeness (QED) is 0.806. The largest absolute Gasteiger partial charge is 0.314 e. The van der Waals surface area contributed by atoms with Gasteiger partial charge in [0.05, 0.1) is 0 Å². The van der Waals surface area contributed by atoms with Crippen LogP contribution in [-0.4, -0.2) is 12.6 Å². The minimum Gasteiger partial charge on any atom is -0.314 e. The van der Waals surface area contributed by atoms with Crippen LogP contribution in [0.5, 0.6) is 0 Å². The number of hydrogen-bond acceptors (Lipinski definition) is 1. The summed E-state index contributed by atoms with van der Waals surface area (Å²) < 4.78 is 27.2. The lowest BCUT2D eigenvalue weighted by atomic mass is 9.99. The summed E-state index contributed by atoms with van der Waals surface area (Å²) in [5.41, 5.74) is 2.00. The van der Waals surface area contributed by atoms with Gasteiger partial charge in [0.1, 0.15) is 11.6 Å². The van der Waals surface area contributed by atoms with Crippen LogP contribution >= 0.6 is 15.9 Å². The Bertz CT molecular complexity index is 601. The van der Waals surface area contributed by atoms with E-state index in [1.54, 1.807) is 18.2 Å². The number of benzene rings is 2. The Morgan fingerprint density at radius 3 is 2.48 bits per heavy atom. The maximum atomic E-state index is 13.3. The molecule has 0 aliphatic rings. The first-order valence-electron chi connectivity index (χ1n) is 7.00. The predicted octanol–water partition coefficient (Wildman–Crippen LogP) is 4.49. The van der Waals surface area contributed by atoms with Crippen LogP contribution in [-0.2, 0) is 12.8 Å². The number of nitrogens with one attached hydrogen (secondary N) is 1. The molecule has 0 saturated carbocycles. The van der Waals surface area contributed by atoms with Crippen molar-refractivity contribution in [3.63, 3.8) is 0 Å². The van der Waals surface area contributed by atoms with Gasteiger partial charge < -0.3 is 5.32 Å². The number of likely N-dealkylation sites (N-methyl/N-ethyl adjacent to an activating group) is 1. The van der Waals surface area contributed by atoms with Gasteiger partial charge in [0, 0.05) is 10.5 Å². The molecule has 1 unspecified atom stereocenters. The minimum atomic E-state index is -0.254. The standard InChI is InChI=1S/C17H18BrF2N/c1-2-21-16(9-12-4-3-5-14(19)8-12)10-13-6-7-15(20)11-17(13)18/h3-8,11,16,21H,2,9-10H2,1H3. The highest BCUT2D eigenvalue weighted by Crippen LogP contribution is 2.20. The zero-order valence-corrected chi connectivity index (χ0v) is 13.5. The first kappa shape index (κ1) is 16.1. The van der Waals surface area contributed by atoms with E-state index in [9.17, 15) is 8.78 Å². The second kappa shape index (κ2) is 7.66. The monoisotopic (exact) mass is 353 g/mol. The van der Waals surface area contributed by atoms with Gasteiger partial charge in [-0.1, -0.05) is 41.1 Å². The van der Waals surface area contributed by atoms with E-state index in [4.69, 9.17) is 0 Å². The highest BCUT2D eigenvalue weighted by molar-refractivity contribution is 9.10. The van der Waals surface area contributed by atoms with Crippen molar-refractivity contribution in [1.29, 1.82) is 0 Å². The first-order chi connectivity index (χ1) is 10.1. The molecule has 0 saturated heterocycles. The van der Waals surface area contributed by atoms with E-state index in [1.165, 1.54) is 18.2 Å². The lowest BCUT2D eigenvalue weighted by Crippen LogP contribution is -2.33. The molecule has 21 heavy (non-hydrogen) atoms. The molecule has 0 aliphatic heterocycles. The van der Waals surface area contributed by atoms with Gasteiger partial charge in [0.15, 0.2) is 0 Å². The van der Waals surface area contributed by atoms with Crippen molar-refractivity contribution in [1.82, 2.24) is 5.32 Å². The third-order valence-electron chi connectivity index (χ3n) is 3.35. The molecule has 0 spiro atoms. The number of halogens is 3. The summed E-state index contributed by atoms with van der Waals surface area (Å²) in [4.78, 5) is 0. The summed E-state index contributed by atoms with van der Waals surface area (Å²) in [7, 11) is 0. The molecule has 1 nitrogen and oxygen atoms in total. The average molecular weight is 354 g/mol. The van der Waals surface area contributed by atoms with Crippen LogP contribution in [0.2, 0.25) is 0 Å². The van der Waals surface area contributed by atoms with Gasteiger partial charge >= 0.3 is 0 Å². The molecular formula is C17H18BrF2N. The molecule has 2 aromatic rings. The van der Waals surface area contributed by atoms with Crippen LogP contribution in [0.1, 0.15) is 18.1 Å². The maximum absolute atomic E-state index is 13.3. The van der Waals surface area contributed by atoms with Crippen LogP contribution in [0.3, 0.4) is 0 Å². The maximum Gasteiger partial charge on any atom is 0.124 e. The zero-order chi connectivity index (χ0) is 15.2. The van der Waals surface area contributed by atoms with E-state index < -0.39 is 0 Å². The summed E-state index contributed by atoms with van der Waals surface area (Å²) in [6.45, 7) is 2.87. The van der Waals surface area contributed by atoms with Crippen LogP contribution in [0.15, 0.2) is 46.9 Å². The van der Waals surface area contributed by atoms with E-state index in [2.05, 4.69) is 21.2 Å². The highest BCUT2D eigenvalue weighted by atomic mass is 79.9. The third kappa shape index (κ3) is 4.90. The molecule has 1 atom stereocenters. The summed E-state index contributed by atoms with van der Waals surface area (Å²) >= 11 is 3.40. The van der Waals surface area contributed by atoms with Crippen molar-refractivity contribution >= 4 is 15.9 Å². The molecule has 0 bridgehead atoms. The lowest BCUT2D eigenvalue weighted by Gasteiger charge is -2.19. The van der Waals surface area contributed by atoms with Gasteiger partial charge in [0.25, 0.3) is 0 Å². The Morgan fingerprint density at radius 1 is 1.05 bits per heavy atom. The molecule has 0 fully saturated rings. The Morgan fingerprint density at radius 2 is 1.81 bits per heavy atom. The topological polar surface area (TPSA) is 12.0 Å². The Balaban J connectivity index is 2.11. The van der Waals surface area contributed by atoms with E-state index in [-0.39, 0.29) is 17.7 Å². The highest BCUT2D eigenvalue weighted by Gasteiger charge is 2.12. The number of rotatable bonds is 6. The van der Waals surface area contributed by atoms with Gasteiger partial charge in [-0.2, -0.15) is 0 Å². The van der Waals surface area contributed by atoms with Gasteiger partial charge in [-0.25, -0.2) is 8.78 Å². The van der Waals surface area contributed by atoms with Gasteiger partial charge in [-0.15, -0.1) is 0 Å². The van der Waals surface area contributed by atoms with Crippen LogP contribution in [0, 0.1) is 11.6 Å². The zero-order valence-electron chi connectivity index (χ0n) is 11.9. The molecule has 1 N–H and O–H groups in total. The SMILES string of the molecule is CCNC(Cc1cccc(F)c1)Cc1ccc(F)cc1Br. The van der Waals surface area contributed by atoms with Gasteiger partial charge in [-0.3, -0.25) is 0 Å². The van der Waals surface area contributed by atoms with Crippen molar-refractivity contribution in [2.75, 3.05) is 6.54 Å². The van der Waals surface area contributed by atoms with Gasteiger partial charge in [0.2, 0.25) is 0 Å². The molecule has 2 aromatic carbocycles. The minimum absolute atomic E-state index is 0.179. The smallest absolute Gasteiger partial charge is 0.124 e. The molecular weight excluding hydrogens is 336 g/mol. The fraction of sp³-hybridized carbons (Fsp3) is 0.294. The van der Waals surface area contributed by atoms with E-state index in [0.29, 0.717) is 0 Å². The van der Waals surface area contributed by atoms with Crippen molar-refractivity contribution < 1.29 is 8.78 Å².